The third kappa shape index (κ3) is 2.28. The molecule has 0 saturated carbocycles. The molecule has 0 aromatic carbocycles. The van der Waals surface area contributed by atoms with E-state index in [2.05, 4.69) is 16.8 Å². The second kappa shape index (κ2) is 4.97. The molecule has 1 amide bonds. The van der Waals surface area contributed by atoms with Gasteiger partial charge in [-0.2, -0.15) is 0 Å². The van der Waals surface area contributed by atoms with Crippen LogP contribution in [-0.4, -0.2) is 23.7 Å². The van der Waals surface area contributed by atoms with Crippen molar-refractivity contribution < 1.29 is 9.90 Å². The normalized spacial score (nSPS) is 21.2. The molecular formula is C12H17NO2S. The Morgan fingerprint density at radius 1 is 1.75 bits per heavy atom. The molecule has 0 radical (unpaired) electrons. The predicted molar refractivity (Wildman–Crippen MR) is 64.7 cm³/mol. The van der Waals surface area contributed by atoms with Crippen LogP contribution in [0.15, 0.2) is 11.4 Å². The minimum atomic E-state index is -0.156. The molecule has 3 nitrogen and oxygen atoms in total. The van der Waals surface area contributed by atoms with Gasteiger partial charge in [-0.1, -0.05) is 0 Å². The number of hydrogen-bond acceptors (Lipinski definition) is 3. The Labute approximate surface area is 99.5 Å². The number of aliphatic hydroxyl groups excluding tert-OH is 1. The van der Waals surface area contributed by atoms with Gasteiger partial charge in [0.1, 0.15) is 0 Å². The summed E-state index contributed by atoms with van der Waals surface area (Å²) in [6, 6.07) is 1.91. The third-order valence-corrected chi connectivity index (χ3v) is 4.03. The van der Waals surface area contributed by atoms with Gasteiger partial charge in [0.15, 0.2) is 0 Å². The van der Waals surface area contributed by atoms with E-state index >= 15 is 0 Å². The molecule has 1 aliphatic rings. The van der Waals surface area contributed by atoms with Crippen LogP contribution in [0.1, 0.15) is 36.1 Å². The maximum Gasteiger partial charge on any atom is 0.227 e. The molecular weight excluding hydrogens is 222 g/mol. The summed E-state index contributed by atoms with van der Waals surface area (Å²) >= 11 is 1.74. The molecule has 16 heavy (non-hydrogen) atoms. The zero-order chi connectivity index (χ0) is 11.5. The number of carbonyl (C=O) groups is 1. The van der Waals surface area contributed by atoms with Crippen molar-refractivity contribution in [2.75, 3.05) is 6.61 Å². The van der Waals surface area contributed by atoms with E-state index in [1.54, 1.807) is 11.3 Å². The minimum absolute atomic E-state index is 0.00501. The summed E-state index contributed by atoms with van der Waals surface area (Å²) in [5.74, 6) is 0.0462. The summed E-state index contributed by atoms with van der Waals surface area (Å²) in [5.41, 5.74) is 1.19. The fourth-order valence-electron chi connectivity index (χ4n) is 2.15. The van der Waals surface area contributed by atoms with Crippen molar-refractivity contribution >= 4 is 17.2 Å². The van der Waals surface area contributed by atoms with Crippen LogP contribution in [-0.2, 0) is 11.2 Å². The Balaban J connectivity index is 2.09. The Kier molecular flexibility index (Phi) is 3.61. The van der Waals surface area contributed by atoms with Crippen LogP contribution in [0.5, 0.6) is 0 Å². The number of rotatable bonds is 3. The standard InChI is InChI=1S/C12H17NO2S/c1-8(7-14)13-12(15)10-3-2-4-11-9(10)5-6-16-11/h5-6,8,10,14H,2-4,7H2,1H3,(H,13,15). The Hall–Kier alpha value is -0.870. The highest BCUT2D eigenvalue weighted by atomic mass is 32.1. The third-order valence-electron chi connectivity index (χ3n) is 3.03. The molecule has 2 unspecified atom stereocenters. The van der Waals surface area contributed by atoms with Crippen LogP contribution in [0.4, 0.5) is 0 Å². The largest absolute Gasteiger partial charge is 0.394 e. The first-order chi connectivity index (χ1) is 7.72. The van der Waals surface area contributed by atoms with Gasteiger partial charge < -0.3 is 10.4 Å². The molecule has 1 aromatic heterocycles. The number of amides is 1. The van der Waals surface area contributed by atoms with Crippen LogP contribution >= 0.6 is 11.3 Å². The minimum Gasteiger partial charge on any atom is -0.394 e. The molecule has 88 valence electrons. The summed E-state index contributed by atoms with van der Waals surface area (Å²) in [4.78, 5) is 13.4. The lowest BCUT2D eigenvalue weighted by atomic mass is 9.87. The van der Waals surface area contributed by atoms with Gasteiger partial charge in [-0.3, -0.25) is 4.79 Å². The van der Waals surface area contributed by atoms with Crippen LogP contribution in [0.3, 0.4) is 0 Å². The maximum atomic E-state index is 12.0. The summed E-state index contributed by atoms with van der Waals surface area (Å²) in [6.07, 6.45) is 3.11. The topological polar surface area (TPSA) is 49.3 Å². The maximum absolute atomic E-state index is 12.0. The number of carbonyl (C=O) groups excluding carboxylic acids is 1. The molecule has 0 aliphatic heterocycles. The number of aryl methyl sites for hydroxylation is 1. The van der Waals surface area contributed by atoms with E-state index in [-0.39, 0.29) is 24.5 Å². The molecule has 2 atom stereocenters. The van der Waals surface area contributed by atoms with Crippen molar-refractivity contribution in [2.45, 2.75) is 38.1 Å². The first-order valence-electron chi connectivity index (χ1n) is 5.70. The summed E-state index contributed by atoms with van der Waals surface area (Å²) in [7, 11) is 0. The van der Waals surface area contributed by atoms with Gasteiger partial charge >= 0.3 is 0 Å². The van der Waals surface area contributed by atoms with Gasteiger partial charge in [0.05, 0.1) is 12.5 Å². The van der Waals surface area contributed by atoms with Crippen LogP contribution in [0.25, 0.3) is 0 Å². The van der Waals surface area contributed by atoms with E-state index in [9.17, 15) is 4.79 Å². The lowest BCUT2D eigenvalue weighted by Gasteiger charge is -2.23. The molecule has 0 fully saturated rings. The predicted octanol–water partition coefficient (Wildman–Crippen LogP) is 1.67. The fraction of sp³-hybridized carbons (Fsp3) is 0.583. The molecule has 4 heteroatoms. The molecule has 1 aromatic rings. The molecule has 1 aliphatic carbocycles. The average molecular weight is 239 g/mol. The molecule has 0 spiro atoms. The van der Waals surface area contributed by atoms with Crippen molar-refractivity contribution in [3.8, 4) is 0 Å². The number of fused-ring (bicyclic) bond motifs is 1. The first-order valence-corrected chi connectivity index (χ1v) is 6.58. The summed E-state index contributed by atoms with van der Waals surface area (Å²) in [5, 5.41) is 13.8. The van der Waals surface area contributed by atoms with E-state index in [4.69, 9.17) is 5.11 Å². The second-order valence-electron chi connectivity index (χ2n) is 4.34. The molecule has 2 rings (SSSR count). The summed E-state index contributed by atoms with van der Waals surface area (Å²) in [6.45, 7) is 1.81. The number of aliphatic hydroxyl groups is 1. The van der Waals surface area contributed by atoms with Crippen molar-refractivity contribution in [2.24, 2.45) is 0 Å². The Morgan fingerprint density at radius 2 is 2.56 bits per heavy atom. The molecule has 0 bridgehead atoms. The SMILES string of the molecule is CC(CO)NC(=O)C1CCCc2sccc21. The van der Waals surface area contributed by atoms with E-state index in [1.807, 2.05) is 6.92 Å². The second-order valence-corrected chi connectivity index (χ2v) is 5.34. The monoisotopic (exact) mass is 239 g/mol. The van der Waals surface area contributed by atoms with Gasteiger partial charge in [-0.15, -0.1) is 11.3 Å². The zero-order valence-electron chi connectivity index (χ0n) is 9.40. The van der Waals surface area contributed by atoms with E-state index in [0.717, 1.165) is 19.3 Å². The van der Waals surface area contributed by atoms with Gasteiger partial charge in [-0.05, 0) is 43.2 Å². The lowest BCUT2D eigenvalue weighted by molar-refractivity contribution is -0.123. The molecule has 1 heterocycles. The van der Waals surface area contributed by atoms with Crippen molar-refractivity contribution in [1.82, 2.24) is 5.32 Å². The highest BCUT2D eigenvalue weighted by Crippen LogP contribution is 2.34. The molecule has 2 N–H and O–H groups in total. The first kappa shape index (κ1) is 11.6. The van der Waals surface area contributed by atoms with Crippen LogP contribution in [0.2, 0.25) is 0 Å². The fourth-order valence-corrected chi connectivity index (χ4v) is 3.14. The van der Waals surface area contributed by atoms with Gasteiger partial charge in [0.25, 0.3) is 0 Å². The lowest BCUT2D eigenvalue weighted by Crippen LogP contribution is -2.39. The van der Waals surface area contributed by atoms with E-state index < -0.39 is 0 Å². The Bertz CT molecular complexity index is 375. The summed E-state index contributed by atoms with van der Waals surface area (Å²) < 4.78 is 0. The van der Waals surface area contributed by atoms with Gasteiger partial charge in [0, 0.05) is 10.9 Å². The van der Waals surface area contributed by atoms with Gasteiger partial charge in [-0.25, -0.2) is 0 Å². The smallest absolute Gasteiger partial charge is 0.227 e. The number of nitrogens with one attached hydrogen (secondary N) is 1. The van der Waals surface area contributed by atoms with Crippen molar-refractivity contribution in [1.29, 1.82) is 0 Å². The Morgan fingerprint density at radius 3 is 3.31 bits per heavy atom. The zero-order valence-corrected chi connectivity index (χ0v) is 10.2. The van der Waals surface area contributed by atoms with Crippen molar-refractivity contribution in [3.05, 3.63) is 21.9 Å². The van der Waals surface area contributed by atoms with Crippen molar-refractivity contribution in [3.63, 3.8) is 0 Å². The highest BCUT2D eigenvalue weighted by molar-refractivity contribution is 7.10. The molecule has 0 saturated heterocycles. The van der Waals surface area contributed by atoms with Gasteiger partial charge in [0.2, 0.25) is 5.91 Å². The average Bonchev–Trinajstić information content (AvgIpc) is 2.76. The van der Waals surface area contributed by atoms with Crippen LogP contribution in [0, 0.1) is 0 Å². The highest BCUT2D eigenvalue weighted by Gasteiger charge is 2.27. The quantitative estimate of drug-likeness (QED) is 0.843. The number of hydrogen-bond donors (Lipinski definition) is 2. The number of thiophene rings is 1. The van der Waals surface area contributed by atoms with E-state index in [0.29, 0.717) is 0 Å². The van der Waals surface area contributed by atoms with E-state index in [1.165, 1.54) is 10.4 Å². The van der Waals surface area contributed by atoms with Crippen LogP contribution < -0.4 is 5.32 Å².